The van der Waals surface area contributed by atoms with Crippen molar-refractivity contribution in [3.63, 3.8) is 0 Å². The summed E-state index contributed by atoms with van der Waals surface area (Å²) in [5.74, 6) is -1.83. The van der Waals surface area contributed by atoms with Gasteiger partial charge in [0.05, 0.1) is 6.10 Å². The number of hydrogen-bond acceptors (Lipinski definition) is 7. The van der Waals surface area contributed by atoms with Crippen molar-refractivity contribution in [2.45, 2.75) is 57.3 Å². The average molecular weight is 364 g/mol. The SMILES string of the molecule is C[C@H]1C/C=C\C(=O)[C@@H](O)[C@@H](O)CCCCc2cc(O)cc(O)c2C(=O)O1. The molecule has 1 heterocycles. The molecule has 1 aromatic carbocycles. The number of carbonyl (C=O) groups is 2. The minimum atomic E-state index is -1.49. The highest BCUT2D eigenvalue weighted by molar-refractivity contribution is 5.95. The van der Waals surface area contributed by atoms with Crippen LogP contribution < -0.4 is 0 Å². The second kappa shape index (κ2) is 8.82. The van der Waals surface area contributed by atoms with E-state index in [9.17, 15) is 30.0 Å². The molecule has 0 spiro atoms. The zero-order valence-corrected chi connectivity index (χ0v) is 14.6. The first-order valence-corrected chi connectivity index (χ1v) is 8.62. The smallest absolute Gasteiger partial charge is 0.342 e. The zero-order chi connectivity index (χ0) is 19.3. The third-order valence-electron chi connectivity index (χ3n) is 4.30. The van der Waals surface area contributed by atoms with Gasteiger partial charge in [0.2, 0.25) is 0 Å². The van der Waals surface area contributed by atoms with Crippen molar-refractivity contribution < 1.29 is 34.8 Å². The maximum absolute atomic E-state index is 12.4. The van der Waals surface area contributed by atoms with E-state index < -0.39 is 30.1 Å². The highest BCUT2D eigenvalue weighted by atomic mass is 16.5. The van der Waals surface area contributed by atoms with Gasteiger partial charge in [0.25, 0.3) is 0 Å². The zero-order valence-electron chi connectivity index (χ0n) is 14.6. The molecule has 26 heavy (non-hydrogen) atoms. The van der Waals surface area contributed by atoms with E-state index in [2.05, 4.69) is 0 Å². The van der Waals surface area contributed by atoms with E-state index >= 15 is 0 Å². The number of cyclic esters (lactones) is 1. The van der Waals surface area contributed by atoms with E-state index in [1.54, 1.807) is 6.92 Å². The molecule has 142 valence electrons. The standard InChI is InChI=1S/C19H24O7/c1-11-5-4-8-15(22)18(24)14(21)7-3-2-6-12-9-13(20)10-16(23)17(12)19(25)26-11/h4,8-11,14,18,20-21,23-24H,2-3,5-7H2,1H3/b8-4-/t11-,14-,18-/m0/s1. The molecule has 7 heteroatoms. The molecule has 3 atom stereocenters. The normalized spacial score (nSPS) is 27.0. The topological polar surface area (TPSA) is 124 Å². The second-order valence-electron chi connectivity index (χ2n) is 6.51. The summed E-state index contributed by atoms with van der Waals surface area (Å²) in [6.07, 6.45) is 1.20. The summed E-state index contributed by atoms with van der Waals surface area (Å²) >= 11 is 0. The van der Waals surface area contributed by atoms with Gasteiger partial charge in [0.1, 0.15) is 29.3 Å². The summed E-state index contributed by atoms with van der Waals surface area (Å²) in [6, 6.07) is 2.48. The van der Waals surface area contributed by atoms with Crippen molar-refractivity contribution in [3.8, 4) is 11.5 Å². The van der Waals surface area contributed by atoms with Crippen molar-refractivity contribution in [1.29, 1.82) is 0 Å². The maximum atomic E-state index is 12.4. The lowest BCUT2D eigenvalue weighted by Crippen LogP contribution is -2.32. The molecule has 4 N–H and O–H groups in total. The Kier molecular flexibility index (Phi) is 6.76. The van der Waals surface area contributed by atoms with Gasteiger partial charge in [-0.05, 0) is 43.9 Å². The van der Waals surface area contributed by atoms with E-state index in [1.165, 1.54) is 18.2 Å². The molecule has 0 saturated heterocycles. The van der Waals surface area contributed by atoms with Gasteiger partial charge in [0.15, 0.2) is 5.78 Å². The van der Waals surface area contributed by atoms with Crippen LogP contribution in [0.4, 0.5) is 0 Å². The van der Waals surface area contributed by atoms with Gasteiger partial charge in [-0.2, -0.15) is 0 Å². The second-order valence-corrected chi connectivity index (χ2v) is 6.51. The number of carbonyl (C=O) groups excluding carboxylic acids is 2. The summed E-state index contributed by atoms with van der Waals surface area (Å²) in [5.41, 5.74) is 0.446. The lowest BCUT2D eigenvalue weighted by atomic mass is 9.97. The van der Waals surface area contributed by atoms with Gasteiger partial charge in [-0.3, -0.25) is 4.79 Å². The Hall–Kier alpha value is -2.38. The first-order chi connectivity index (χ1) is 12.3. The summed E-state index contributed by atoms with van der Waals surface area (Å²) in [6.45, 7) is 1.63. The third-order valence-corrected chi connectivity index (χ3v) is 4.30. The predicted octanol–water partition coefficient (Wildman–Crippen LogP) is 1.61. The summed E-state index contributed by atoms with van der Waals surface area (Å²) < 4.78 is 5.30. The van der Waals surface area contributed by atoms with Gasteiger partial charge in [-0.1, -0.05) is 12.5 Å². The molecule has 0 bridgehead atoms. The highest BCUT2D eigenvalue weighted by Crippen LogP contribution is 2.30. The summed E-state index contributed by atoms with van der Waals surface area (Å²) in [7, 11) is 0. The molecule has 0 unspecified atom stereocenters. The minimum Gasteiger partial charge on any atom is -0.508 e. The fraction of sp³-hybridized carbons (Fsp3) is 0.474. The third kappa shape index (κ3) is 5.06. The van der Waals surface area contributed by atoms with Crippen molar-refractivity contribution in [2.24, 2.45) is 0 Å². The number of aliphatic hydroxyl groups excluding tert-OH is 2. The number of ether oxygens (including phenoxy) is 1. The Morgan fingerprint density at radius 2 is 1.85 bits per heavy atom. The van der Waals surface area contributed by atoms with Crippen LogP contribution in [0.3, 0.4) is 0 Å². The van der Waals surface area contributed by atoms with Crippen molar-refractivity contribution in [1.82, 2.24) is 0 Å². The van der Waals surface area contributed by atoms with Crippen LogP contribution in [0.5, 0.6) is 11.5 Å². The fourth-order valence-corrected chi connectivity index (χ4v) is 2.88. The quantitative estimate of drug-likeness (QED) is 0.516. The van der Waals surface area contributed by atoms with Gasteiger partial charge in [0, 0.05) is 12.5 Å². The number of ketones is 1. The lowest BCUT2D eigenvalue weighted by molar-refractivity contribution is -0.128. The van der Waals surface area contributed by atoms with Crippen molar-refractivity contribution >= 4 is 11.8 Å². The molecular weight excluding hydrogens is 340 g/mol. The van der Waals surface area contributed by atoms with Crippen LogP contribution in [-0.4, -0.2) is 50.5 Å². The largest absolute Gasteiger partial charge is 0.508 e. The predicted molar refractivity (Wildman–Crippen MR) is 93.0 cm³/mol. The summed E-state index contributed by atoms with van der Waals surface area (Å²) in [5, 5.41) is 39.5. The van der Waals surface area contributed by atoms with E-state index in [4.69, 9.17) is 4.74 Å². The number of aryl methyl sites for hydroxylation is 1. The molecule has 0 aromatic heterocycles. The number of benzene rings is 1. The Morgan fingerprint density at radius 1 is 1.12 bits per heavy atom. The molecule has 0 aliphatic carbocycles. The molecule has 7 nitrogen and oxygen atoms in total. The number of aliphatic hydroxyl groups is 2. The van der Waals surface area contributed by atoms with Crippen LogP contribution in [-0.2, 0) is 16.0 Å². The molecule has 1 aliphatic heterocycles. The number of phenols is 2. The highest BCUT2D eigenvalue weighted by Gasteiger charge is 2.24. The van der Waals surface area contributed by atoms with Crippen LogP contribution in [0.2, 0.25) is 0 Å². The Morgan fingerprint density at radius 3 is 2.58 bits per heavy atom. The Labute approximate surface area is 151 Å². The number of fused-ring (bicyclic) bond motifs is 1. The number of hydrogen-bond donors (Lipinski definition) is 4. The number of phenolic OH excluding ortho intramolecular Hbond substituents is 2. The number of rotatable bonds is 0. The number of aromatic hydroxyl groups is 2. The van der Waals surface area contributed by atoms with Crippen molar-refractivity contribution in [2.75, 3.05) is 0 Å². The molecule has 0 amide bonds. The molecule has 0 fully saturated rings. The molecule has 1 aromatic rings. The van der Waals surface area contributed by atoms with Gasteiger partial charge < -0.3 is 25.2 Å². The van der Waals surface area contributed by atoms with E-state index in [-0.39, 0.29) is 29.9 Å². The van der Waals surface area contributed by atoms with Crippen LogP contribution in [0.1, 0.15) is 48.5 Å². The summed E-state index contributed by atoms with van der Waals surface area (Å²) in [4.78, 5) is 24.2. The Bertz CT molecular complexity index is 695. The number of esters is 1. The van der Waals surface area contributed by atoms with Gasteiger partial charge in [-0.15, -0.1) is 0 Å². The van der Waals surface area contributed by atoms with Gasteiger partial charge >= 0.3 is 5.97 Å². The Balaban J connectivity index is 2.29. The molecule has 1 aliphatic rings. The first-order valence-electron chi connectivity index (χ1n) is 8.62. The average Bonchev–Trinajstić information content (AvgIpc) is 2.56. The van der Waals surface area contributed by atoms with Crippen LogP contribution in [0.15, 0.2) is 24.3 Å². The van der Waals surface area contributed by atoms with Crippen LogP contribution >= 0.6 is 0 Å². The van der Waals surface area contributed by atoms with Crippen molar-refractivity contribution in [3.05, 3.63) is 35.4 Å². The first kappa shape index (κ1) is 19.9. The molecule has 2 rings (SSSR count). The van der Waals surface area contributed by atoms with Gasteiger partial charge in [-0.25, -0.2) is 4.79 Å². The van der Waals surface area contributed by atoms with E-state index in [1.807, 2.05) is 0 Å². The van der Waals surface area contributed by atoms with Crippen LogP contribution in [0.25, 0.3) is 0 Å². The maximum Gasteiger partial charge on any atom is 0.342 e. The molecular formula is C19H24O7. The monoisotopic (exact) mass is 364 g/mol. The fourth-order valence-electron chi connectivity index (χ4n) is 2.88. The van der Waals surface area contributed by atoms with E-state index in [0.29, 0.717) is 24.8 Å². The molecule has 0 radical (unpaired) electrons. The van der Waals surface area contributed by atoms with Crippen LogP contribution in [0, 0.1) is 0 Å². The minimum absolute atomic E-state index is 0.00478. The lowest BCUT2D eigenvalue weighted by Gasteiger charge is -2.16. The molecule has 0 saturated carbocycles. The van der Waals surface area contributed by atoms with E-state index in [0.717, 1.165) is 6.07 Å².